The number of aromatic amines is 1. The van der Waals surface area contributed by atoms with E-state index in [1.807, 2.05) is 6.07 Å². The van der Waals surface area contributed by atoms with Crippen LogP contribution < -0.4 is 10.9 Å². The van der Waals surface area contributed by atoms with Crippen molar-refractivity contribution in [3.63, 3.8) is 0 Å². The Hall–Kier alpha value is -2.10. The van der Waals surface area contributed by atoms with Gasteiger partial charge in [0.25, 0.3) is 5.56 Å². The van der Waals surface area contributed by atoms with Gasteiger partial charge in [-0.3, -0.25) is 4.79 Å². The van der Waals surface area contributed by atoms with Crippen molar-refractivity contribution in [1.82, 2.24) is 9.97 Å². The average molecular weight is 227 g/mol. The number of hydrogen-bond acceptors (Lipinski definition) is 3. The third kappa shape index (κ3) is 1.93. The Balaban J connectivity index is 2.07. The normalized spacial score (nSPS) is 13.9. The molecule has 0 radical (unpaired) electrons. The van der Waals surface area contributed by atoms with Crippen LogP contribution in [0.4, 0.5) is 5.69 Å². The highest BCUT2D eigenvalue weighted by atomic mass is 16.1. The molecule has 0 spiro atoms. The molecule has 0 saturated carbocycles. The molecule has 3 rings (SSSR count). The van der Waals surface area contributed by atoms with Crippen molar-refractivity contribution in [2.75, 3.05) is 11.9 Å². The zero-order chi connectivity index (χ0) is 11.7. The summed E-state index contributed by atoms with van der Waals surface area (Å²) in [4.78, 5) is 18.0. The van der Waals surface area contributed by atoms with Crippen molar-refractivity contribution in [2.24, 2.45) is 0 Å². The number of nitrogens with zero attached hydrogens (tertiary/aromatic N) is 1. The third-order valence-electron chi connectivity index (χ3n) is 3.02. The molecule has 0 unspecified atom stereocenters. The van der Waals surface area contributed by atoms with Crippen molar-refractivity contribution in [3.8, 4) is 11.3 Å². The van der Waals surface area contributed by atoms with Gasteiger partial charge in [-0.1, -0.05) is 6.07 Å². The second-order valence-corrected chi connectivity index (χ2v) is 4.20. The lowest BCUT2D eigenvalue weighted by Crippen LogP contribution is -2.11. The summed E-state index contributed by atoms with van der Waals surface area (Å²) in [6, 6.07) is 7.70. The minimum Gasteiger partial charge on any atom is -0.385 e. The number of aromatic nitrogens is 2. The number of H-pyrrole nitrogens is 1. The molecule has 1 aromatic carbocycles. The maximum atomic E-state index is 11.2. The van der Waals surface area contributed by atoms with Crippen molar-refractivity contribution < 1.29 is 0 Å². The summed E-state index contributed by atoms with van der Waals surface area (Å²) in [6.07, 6.45) is 3.67. The largest absolute Gasteiger partial charge is 0.385 e. The van der Waals surface area contributed by atoms with Gasteiger partial charge in [0, 0.05) is 23.9 Å². The van der Waals surface area contributed by atoms with Gasteiger partial charge >= 0.3 is 0 Å². The second kappa shape index (κ2) is 4.05. The van der Waals surface area contributed by atoms with Crippen LogP contribution in [0.2, 0.25) is 0 Å². The molecule has 86 valence electrons. The predicted octanol–water partition coefficient (Wildman–Crippen LogP) is 1.79. The lowest BCUT2D eigenvalue weighted by molar-refractivity contribution is 0.830. The van der Waals surface area contributed by atoms with Gasteiger partial charge in [0.15, 0.2) is 0 Å². The summed E-state index contributed by atoms with van der Waals surface area (Å²) < 4.78 is 0. The molecule has 1 aliphatic heterocycles. The molecule has 4 heteroatoms. The molecular weight excluding hydrogens is 214 g/mol. The number of benzene rings is 1. The Morgan fingerprint density at radius 3 is 3.06 bits per heavy atom. The molecule has 0 aliphatic carbocycles. The van der Waals surface area contributed by atoms with Gasteiger partial charge in [0.05, 0.1) is 12.0 Å². The molecule has 0 amide bonds. The third-order valence-corrected chi connectivity index (χ3v) is 3.02. The van der Waals surface area contributed by atoms with Crippen LogP contribution in [0.1, 0.15) is 12.0 Å². The zero-order valence-electron chi connectivity index (χ0n) is 9.36. The Morgan fingerprint density at radius 2 is 2.18 bits per heavy atom. The predicted molar refractivity (Wildman–Crippen MR) is 67.1 cm³/mol. The van der Waals surface area contributed by atoms with E-state index in [0.717, 1.165) is 30.6 Å². The van der Waals surface area contributed by atoms with Crippen LogP contribution in [-0.4, -0.2) is 16.5 Å². The number of aryl methyl sites for hydroxylation is 1. The number of fused-ring (bicyclic) bond motifs is 1. The summed E-state index contributed by atoms with van der Waals surface area (Å²) >= 11 is 0. The van der Waals surface area contributed by atoms with Crippen LogP contribution in [0.3, 0.4) is 0 Å². The monoisotopic (exact) mass is 227 g/mol. The van der Waals surface area contributed by atoms with Crippen molar-refractivity contribution in [2.45, 2.75) is 12.8 Å². The van der Waals surface area contributed by atoms with Crippen LogP contribution in [0, 0.1) is 0 Å². The van der Waals surface area contributed by atoms with E-state index in [1.54, 1.807) is 0 Å². The SMILES string of the molecule is O=c1cc(-c2ccc3c(c2)CCCN3)nc[nH]1. The van der Waals surface area contributed by atoms with Crippen molar-refractivity contribution in [3.05, 3.63) is 46.5 Å². The lowest BCUT2D eigenvalue weighted by Gasteiger charge is -2.18. The summed E-state index contributed by atoms with van der Waals surface area (Å²) in [5.74, 6) is 0. The first-order chi connectivity index (χ1) is 8.33. The van der Waals surface area contributed by atoms with Gasteiger partial charge in [0.2, 0.25) is 0 Å². The molecule has 0 bridgehead atoms. The molecule has 1 aromatic heterocycles. The fourth-order valence-electron chi connectivity index (χ4n) is 2.16. The highest BCUT2D eigenvalue weighted by molar-refractivity contribution is 5.66. The Bertz CT molecular complexity index is 604. The van der Waals surface area contributed by atoms with Gasteiger partial charge in [-0.05, 0) is 30.5 Å². The Kier molecular flexibility index (Phi) is 2.40. The fourth-order valence-corrected chi connectivity index (χ4v) is 2.16. The highest BCUT2D eigenvalue weighted by Crippen LogP contribution is 2.26. The van der Waals surface area contributed by atoms with Crippen LogP contribution in [-0.2, 0) is 6.42 Å². The first-order valence-corrected chi connectivity index (χ1v) is 5.75. The van der Waals surface area contributed by atoms with E-state index < -0.39 is 0 Å². The second-order valence-electron chi connectivity index (χ2n) is 4.20. The number of hydrogen-bond donors (Lipinski definition) is 2. The molecule has 2 aromatic rings. The number of anilines is 1. The molecule has 2 heterocycles. The van der Waals surface area contributed by atoms with Gasteiger partial charge in [-0.2, -0.15) is 0 Å². The summed E-state index contributed by atoms with van der Waals surface area (Å²) in [6.45, 7) is 1.04. The summed E-state index contributed by atoms with van der Waals surface area (Å²) in [7, 11) is 0. The molecule has 1 aliphatic rings. The first-order valence-electron chi connectivity index (χ1n) is 5.75. The van der Waals surface area contributed by atoms with E-state index in [9.17, 15) is 4.79 Å². The van der Waals surface area contributed by atoms with Gasteiger partial charge in [-0.25, -0.2) is 4.98 Å². The quantitative estimate of drug-likeness (QED) is 0.781. The molecule has 17 heavy (non-hydrogen) atoms. The van der Waals surface area contributed by atoms with E-state index >= 15 is 0 Å². The summed E-state index contributed by atoms with van der Waals surface area (Å²) in [5.41, 5.74) is 4.10. The minimum absolute atomic E-state index is 0.120. The van der Waals surface area contributed by atoms with Gasteiger partial charge in [0.1, 0.15) is 0 Å². The maximum Gasteiger partial charge on any atom is 0.251 e. The number of rotatable bonds is 1. The van der Waals surface area contributed by atoms with E-state index in [-0.39, 0.29) is 5.56 Å². The molecule has 4 nitrogen and oxygen atoms in total. The van der Waals surface area contributed by atoms with Crippen molar-refractivity contribution >= 4 is 5.69 Å². The van der Waals surface area contributed by atoms with Crippen LogP contribution >= 0.6 is 0 Å². The lowest BCUT2D eigenvalue weighted by atomic mass is 9.99. The van der Waals surface area contributed by atoms with Crippen LogP contribution in [0.25, 0.3) is 11.3 Å². The molecular formula is C13H13N3O. The Morgan fingerprint density at radius 1 is 1.24 bits per heavy atom. The Labute approximate surface area is 98.7 Å². The highest BCUT2D eigenvalue weighted by Gasteiger charge is 2.10. The number of nitrogens with one attached hydrogen (secondary N) is 2. The van der Waals surface area contributed by atoms with Crippen LogP contribution in [0.15, 0.2) is 35.4 Å². The first kappa shape index (κ1) is 10.1. The molecule has 0 saturated heterocycles. The smallest absolute Gasteiger partial charge is 0.251 e. The summed E-state index contributed by atoms with van der Waals surface area (Å²) in [5, 5.41) is 3.36. The van der Waals surface area contributed by atoms with E-state index in [0.29, 0.717) is 0 Å². The van der Waals surface area contributed by atoms with E-state index in [2.05, 4.69) is 27.4 Å². The van der Waals surface area contributed by atoms with E-state index in [4.69, 9.17) is 0 Å². The van der Waals surface area contributed by atoms with Gasteiger partial charge in [-0.15, -0.1) is 0 Å². The van der Waals surface area contributed by atoms with E-state index in [1.165, 1.54) is 23.6 Å². The zero-order valence-corrected chi connectivity index (χ0v) is 9.36. The molecule has 0 fully saturated rings. The maximum absolute atomic E-state index is 11.2. The molecule has 0 atom stereocenters. The standard InChI is InChI=1S/C13H13N3O/c17-13-7-12(15-8-16-13)10-3-4-11-9(6-10)2-1-5-14-11/h3-4,6-8,14H,1-2,5H2,(H,15,16,17). The van der Waals surface area contributed by atoms with Gasteiger partial charge < -0.3 is 10.3 Å². The van der Waals surface area contributed by atoms with Crippen LogP contribution in [0.5, 0.6) is 0 Å². The average Bonchev–Trinajstić information content (AvgIpc) is 2.38. The van der Waals surface area contributed by atoms with Crippen molar-refractivity contribution in [1.29, 1.82) is 0 Å². The minimum atomic E-state index is -0.120. The molecule has 2 N–H and O–H groups in total. The topological polar surface area (TPSA) is 57.8 Å². The fraction of sp³-hybridized carbons (Fsp3) is 0.231.